The molecule has 144 valence electrons. The number of aromatic nitrogens is 5. The minimum atomic E-state index is -4.01. The fourth-order valence-electron chi connectivity index (χ4n) is 2.79. The fourth-order valence-corrected chi connectivity index (χ4v) is 3.81. The summed E-state index contributed by atoms with van der Waals surface area (Å²) in [5.41, 5.74) is 0.358. The summed E-state index contributed by atoms with van der Waals surface area (Å²) in [4.78, 5) is 19.0. The molecule has 3 heterocycles. The van der Waals surface area contributed by atoms with Gasteiger partial charge in [-0.3, -0.25) is 9.52 Å². The first kappa shape index (κ1) is 17.7. The minimum Gasteiger partial charge on any atom is -0.507 e. The van der Waals surface area contributed by atoms with E-state index in [-0.39, 0.29) is 33.4 Å². The van der Waals surface area contributed by atoms with Crippen LogP contribution in [-0.4, -0.2) is 38.3 Å². The second kappa shape index (κ2) is 6.20. The Hall–Kier alpha value is -3.67. The molecule has 3 N–H and O–H groups in total. The molecular formula is C16H14N6O5S. The van der Waals surface area contributed by atoms with E-state index in [9.17, 15) is 18.3 Å². The van der Waals surface area contributed by atoms with Crippen LogP contribution in [0.5, 0.6) is 5.75 Å². The first-order chi connectivity index (χ1) is 13.3. The number of nitrogens with one attached hydrogen (secondary N) is 2. The van der Waals surface area contributed by atoms with Gasteiger partial charge in [0.2, 0.25) is 0 Å². The van der Waals surface area contributed by atoms with Crippen LogP contribution in [0.1, 0.15) is 11.5 Å². The molecule has 1 aromatic carbocycles. The van der Waals surface area contributed by atoms with Crippen LogP contribution >= 0.6 is 0 Å². The monoisotopic (exact) mass is 402 g/mol. The topological polar surface area (TPSA) is 155 Å². The molecule has 4 rings (SSSR count). The highest BCUT2D eigenvalue weighted by molar-refractivity contribution is 7.92. The molecule has 0 saturated heterocycles. The van der Waals surface area contributed by atoms with E-state index in [1.807, 2.05) is 0 Å². The van der Waals surface area contributed by atoms with Crippen molar-refractivity contribution >= 4 is 21.4 Å². The van der Waals surface area contributed by atoms with Gasteiger partial charge in [-0.15, -0.1) is 5.10 Å². The lowest BCUT2D eigenvalue weighted by atomic mass is 10.2. The third-order valence-electron chi connectivity index (χ3n) is 4.05. The van der Waals surface area contributed by atoms with Gasteiger partial charge in [-0.05, 0) is 32.0 Å². The van der Waals surface area contributed by atoms with E-state index in [1.54, 1.807) is 13.8 Å². The number of imidazole rings is 1. The molecular weight excluding hydrogens is 388 g/mol. The van der Waals surface area contributed by atoms with Gasteiger partial charge in [0, 0.05) is 6.07 Å². The van der Waals surface area contributed by atoms with Gasteiger partial charge >= 0.3 is 0 Å². The van der Waals surface area contributed by atoms with Crippen molar-refractivity contribution in [3.05, 3.63) is 52.4 Å². The highest BCUT2D eigenvalue weighted by atomic mass is 32.2. The third kappa shape index (κ3) is 2.89. The Morgan fingerprint density at radius 1 is 1.25 bits per heavy atom. The number of hydrogen-bond acceptors (Lipinski definition) is 8. The molecule has 0 aliphatic carbocycles. The molecule has 0 saturated carbocycles. The van der Waals surface area contributed by atoms with Gasteiger partial charge in [-0.25, -0.2) is 17.9 Å². The Balaban J connectivity index is 1.85. The van der Waals surface area contributed by atoms with E-state index in [0.29, 0.717) is 11.5 Å². The predicted molar refractivity (Wildman–Crippen MR) is 97.5 cm³/mol. The number of sulfonamides is 1. The molecule has 0 spiro atoms. The SMILES string of the molecule is Cc1nc(C)n2nc(-c3cc(S(=O)(=O)Nc4ccon4)ccc3O)[nH]c(=O)c12. The fraction of sp³-hybridized carbons (Fsp3) is 0.125. The van der Waals surface area contributed by atoms with Crippen molar-refractivity contribution in [3.8, 4) is 17.1 Å². The molecule has 0 bridgehead atoms. The highest BCUT2D eigenvalue weighted by Gasteiger charge is 2.20. The number of hydrogen-bond donors (Lipinski definition) is 3. The first-order valence-corrected chi connectivity index (χ1v) is 9.47. The summed E-state index contributed by atoms with van der Waals surface area (Å²) in [7, 11) is -4.01. The molecule has 4 aromatic rings. The average Bonchev–Trinajstić information content (AvgIpc) is 3.22. The number of anilines is 1. The van der Waals surface area contributed by atoms with Gasteiger partial charge in [0.05, 0.1) is 16.2 Å². The van der Waals surface area contributed by atoms with Crippen LogP contribution in [0.15, 0.2) is 44.7 Å². The van der Waals surface area contributed by atoms with E-state index < -0.39 is 15.6 Å². The Morgan fingerprint density at radius 2 is 2.04 bits per heavy atom. The van der Waals surface area contributed by atoms with Crippen LogP contribution < -0.4 is 10.3 Å². The zero-order valence-electron chi connectivity index (χ0n) is 14.7. The highest BCUT2D eigenvalue weighted by Crippen LogP contribution is 2.29. The maximum absolute atomic E-state index is 12.5. The molecule has 0 radical (unpaired) electrons. The molecule has 0 fully saturated rings. The van der Waals surface area contributed by atoms with Gasteiger partial charge in [0.1, 0.15) is 17.8 Å². The Kier molecular flexibility index (Phi) is 3.92. The molecule has 0 unspecified atom stereocenters. The van der Waals surface area contributed by atoms with E-state index in [1.165, 1.54) is 35.0 Å². The Morgan fingerprint density at radius 3 is 2.75 bits per heavy atom. The Bertz CT molecular complexity index is 1350. The number of phenols is 1. The minimum absolute atomic E-state index is 0.00557. The number of phenolic OH excluding ortho intramolecular Hbond substituents is 1. The lowest BCUT2D eigenvalue weighted by molar-refractivity contribution is 0.423. The standard InChI is InChI=1S/C16H14N6O5S/c1-8-14-16(24)18-15(19-22(14)9(2)17-8)11-7-10(3-4-12(11)23)28(25,26)21-13-5-6-27-20-13/h3-7,23H,1-2H3,(H,20,21)(H,18,19,24). The number of aryl methyl sites for hydroxylation is 2. The molecule has 0 aliphatic heterocycles. The van der Waals surface area contributed by atoms with Crippen molar-refractivity contribution in [1.29, 1.82) is 0 Å². The zero-order valence-corrected chi connectivity index (χ0v) is 15.5. The van der Waals surface area contributed by atoms with Gasteiger partial charge < -0.3 is 14.6 Å². The second-order valence-electron chi connectivity index (χ2n) is 5.98. The quantitative estimate of drug-likeness (QED) is 0.460. The number of benzene rings is 1. The van der Waals surface area contributed by atoms with Crippen molar-refractivity contribution in [3.63, 3.8) is 0 Å². The molecule has 0 amide bonds. The van der Waals surface area contributed by atoms with Crippen molar-refractivity contribution in [1.82, 2.24) is 24.7 Å². The molecule has 0 aliphatic rings. The summed E-state index contributed by atoms with van der Waals surface area (Å²) in [6.07, 6.45) is 1.22. The lowest BCUT2D eigenvalue weighted by Gasteiger charge is -2.09. The van der Waals surface area contributed by atoms with Gasteiger partial charge in [-0.1, -0.05) is 5.16 Å². The van der Waals surface area contributed by atoms with E-state index in [4.69, 9.17) is 0 Å². The van der Waals surface area contributed by atoms with Crippen LogP contribution in [0.3, 0.4) is 0 Å². The molecule has 28 heavy (non-hydrogen) atoms. The summed E-state index contributed by atoms with van der Waals surface area (Å²) in [6.45, 7) is 3.36. The summed E-state index contributed by atoms with van der Waals surface area (Å²) in [5.74, 6) is 0.231. The zero-order chi connectivity index (χ0) is 20.1. The normalized spacial score (nSPS) is 11.8. The summed E-state index contributed by atoms with van der Waals surface area (Å²) in [6, 6.07) is 4.95. The predicted octanol–water partition coefficient (Wildman–Crippen LogP) is 1.20. The van der Waals surface area contributed by atoms with Crippen LogP contribution in [0.2, 0.25) is 0 Å². The number of aromatic hydroxyl groups is 1. The maximum atomic E-state index is 12.5. The number of nitrogens with zero attached hydrogens (tertiary/aromatic N) is 4. The summed E-state index contributed by atoms with van der Waals surface area (Å²) < 4.78 is 33.3. The van der Waals surface area contributed by atoms with Crippen LogP contribution in [0.4, 0.5) is 5.82 Å². The maximum Gasteiger partial charge on any atom is 0.277 e. The Labute approximate surface area is 157 Å². The molecule has 3 aromatic heterocycles. The van der Waals surface area contributed by atoms with E-state index >= 15 is 0 Å². The number of aromatic amines is 1. The van der Waals surface area contributed by atoms with Gasteiger partial charge in [0.25, 0.3) is 15.6 Å². The molecule has 0 atom stereocenters. The van der Waals surface area contributed by atoms with Crippen molar-refractivity contribution < 1.29 is 18.0 Å². The second-order valence-corrected chi connectivity index (χ2v) is 7.66. The van der Waals surface area contributed by atoms with Crippen molar-refractivity contribution in [2.75, 3.05) is 4.72 Å². The van der Waals surface area contributed by atoms with Gasteiger partial charge in [-0.2, -0.15) is 0 Å². The number of fused-ring (bicyclic) bond motifs is 1. The van der Waals surface area contributed by atoms with E-state index in [2.05, 4.69) is 29.5 Å². The largest absolute Gasteiger partial charge is 0.507 e. The third-order valence-corrected chi connectivity index (χ3v) is 5.40. The van der Waals surface area contributed by atoms with Crippen LogP contribution in [-0.2, 0) is 10.0 Å². The van der Waals surface area contributed by atoms with Crippen LogP contribution in [0, 0.1) is 13.8 Å². The summed E-state index contributed by atoms with van der Waals surface area (Å²) >= 11 is 0. The average molecular weight is 402 g/mol. The molecule has 11 nitrogen and oxygen atoms in total. The first-order valence-electron chi connectivity index (χ1n) is 7.99. The number of rotatable bonds is 4. The van der Waals surface area contributed by atoms with Crippen molar-refractivity contribution in [2.45, 2.75) is 18.7 Å². The van der Waals surface area contributed by atoms with Gasteiger partial charge in [0.15, 0.2) is 17.2 Å². The van der Waals surface area contributed by atoms with Crippen molar-refractivity contribution in [2.24, 2.45) is 0 Å². The lowest BCUT2D eigenvalue weighted by Crippen LogP contribution is -2.16. The summed E-state index contributed by atoms with van der Waals surface area (Å²) in [5, 5.41) is 18.0. The number of H-pyrrole nitrogens is 1. The smallest absolute Gasteiger partial charge is 0.277 e. The molecule has 12 heteroatoms. The van der Waals surface area contributed by atoms with Crippen LogP contribution in [0.25, 0.3) is 16.9 Å². The van der Waals surface area contributed by atoms with E-state index in [0.717, 1.165) is 0 Å².